The number of aromatic hydroxyl groups is 1. The Morgan fingerprint density at radius 1 is 1.31 bits per heavy atom. The van der Waals surface area contributed by atoms with E-state index in [9.17, 15) is 19.5 Å². The fraction of sp³-hybridized carbons (Fsp3) is 0.500. The molecule has 1 atom stereocenters. The van der Waals surface area contributed by atoms with E-state index in [2.05, 4.69) is 11.9 Å². The molecule has 0 fully saturated rings. The van der Waals surface area contributed by atoms with Crippen LogP contribution in [0.4, 0.5) is 5.00 Å². The predicted octanol–water partition coefficient (Wildman–Crippen LogP) is 2.29. The van der Waals surface area contributed by atoms with E-state index in [0.717, 1.165) is 45.3 Å². The van der Waals surface area contributed by atoms with E-state index < -0.39 is 23.1 Å². The van der Waals surface area contributed by atoms with Crippen molar-refractivity contribution < 1.29 is 14.6 Å². The zero-order chi connectivity index (χ0) is 21.3. The Kier molecular flexibility index (Phi) is 6.07. The van der Waals surface area contributed by atoms with Gasteiger partial charge in [-0.25, -0.2) is 14.6 Å². The molecule has 3 rings (SSSR count). The molecule has 0 radical (unpaired) electrons. The Balaban J connectivity index is 2.11. The molecule has 156 valence electrons. The van der Waals surface area contributed by atoms with Gasteiger partial charge in [-0.1, -0.05) is 13.3 Å². The molecule has 1 aliphatic carbocycles. The molecule has 0 aliphatic heterocycles. The molecule has 0 spiro atoms. The van der Waals surface area contributed by atoms with Crippen molar-refractivity contribution >= 4 is 28.5 Å². The maximum atomic E-state index is 12.6. The van der Waals surface area contributed by atoms with Crippen molar-refractivity contribution in [2.24, 2.45) is 25.0 Å². The Hall–Kier alpha value is -2.68. The highest BCUT2D eigenvalue weighted by atomic mass is 32.1. The second-order valence-electron chi connectivity index (χ2n) is 7.12. The number of carbonyl (C=O) groups excluding carboxylic acids is 1. The molecule has 0 aromatic carbocycles. The fourth-order valence-corrected chi connectivity index (χ4v) is 4.88. The van der Waals surface area contributed by atoms with Crippen LogP contribution in [0, 0.1) is 5.92 Å². The topological polar surface area (TPSA) is 103 Å². The fourth-order valence-electron chi connectivity index (χ4n) is 3.59. The van der Waals surface area contributed by atoms with Gasteiger partial charge in [0.15, 0.2) is 0 Å². The van der Waals surface area contributed by atoms with Gasteiger partial charge in [0.1, 0.15) is 10.6 Å². The lowest BCUT2D eigenvalue weighted by atomic mass is 9.86. The number of ether oxygens (including phenoxy) is 1. The van der Waals surface area contributed by atoms with Crippen molar-refractivity contribution in [3.8, 4) is 5.88 Å². The molecule has 1 unspecified atom stereocenters. The van der Waals surface area contributed by atoms with Crippen LogP contribution in [0.5, 0.6) is 5.88 Å². The number of aliphatic imine (C=N–C) groups is 1. The monoisotopic (exact) mass is 419 g/mol. The first-order valence-corrected chi connectivity index (χ1v) is 10.5. The molecule has 8 nitrogen and oxygen atoms in total. The van der Waals surface area contributed by atoms with Gasteiger partial charge in [0.25, 0.3) is 5.56 Å². The zero-order valence-corrected chi connectivity index (χ0v) is 17.8. The van der Waals surface area contributed by atoms with E-state index >= 15 is 0 Å². The summed E-state index contributed by atoms with van der Waals surface area (Å²) in [5, 5.41) is 10.7. The first-order valence-electron chi connectivity index (χ1n) is 9.64. The molecule has 0 saturated heterocycles. The van der Waals surface area contributed by atoms with Crippen LogP contribution in [0.3, 0.4) is 0 Å². The highest BCUT2D eigenvalue weighted by Gasteiger charge is 2.29. The Labute approximate surface area is 172 Å². The summed E-state index contributed by atoms with van der Waals surface area (Å²) in [5.41, 5.74) is 0.0253. The van der Waals surface area contributed by atoms with Crippen LogP contribution in [0.15, 0.2) is 14.6 Å². The summed E-state index contributed by atoms with van der Waals surface area (Å²) < 4.78 is 7.11. The molecule has 29 heavy (non-hydrogen) atoms. The SMILES string of the molecule is CCOC(=O)c1c(N=Cc2c(O)n(C)c(=O)n(C)c2=O)sc2c1CCC(CC)C2. The molecule has 2 heterocycles. The highest BCUT2D eigenvalue weighted by Crippen LogP contribution is 2.42. The van der Waals surface area contributed by atoms with Crippen molar-refractivity contribution in [2.45, 2.75) is 39.5 Å². The second-order valence-corrected chi connectivity index (χ2v) is 8.21. The van der Waals surface area contributed by atoms with Crippen LogP contribution in [0.25, 0.3) is 0 Å². The largest absolute Gasteiger partial charge is 0.494 e. The molecule has 0 amide bonds. The minimum Gasteiger partial charge on any atom is -0.494 e. The number of carbonyl (C=O) groups is 1. The van der Waals surface area contributed by atoms with E-state index in [1.807, 2.05) is 0 Å². The Bertz CT molecular complexity index is 1090. The van der Waals surface area contributed by atoms with Crippen LogP contribution in [0.2, 0.25) is 0 Å². The molecule has 0 bridgehead atoms. The van der Waals surface area contributed by atoms with Crippen molar-refractivity contribution in [1.29, 1.82) is 0 Å². The number of esters is 1. The van der Waals surface area contributed by atoms with Gasteiger partial charge in [-0.15, -0.1) is 11.3 Å². The van der Waals surface area contributed by atoms with Crippen LogP contribution < -0.4 is 11.2 Å². The number of hydrogen-bond acceptors (Lipinski definition) is 7. The average Bonchev–Trinajstić information content (AvgIpc) is 3.08. The van der Waals surface area contributed by atoms with Crippen LogP contribution >= 0.6 is 11.3 Å². The maximum Gasteiger partial charge on any atom is 0.341 e. The summed E-state index contributed by atoms with van der Waals surface area (Å²) in [4.78, 5) is 42.4. The van der Waals surface area contributed by atoms with Gasteiger partial charge in [0.05, 0.1) is 12.2 Å². The number of rotatable bonds is 5. The van der Waals surface area contributed by atoms with Crippen LogP contribution in [0.1, 0.15) is 53.1 Å². The average molecular weight is 420 g/mol. The van der Waals surface area contributed by atoms with E-state index in [1.54, 1.807) is 6.92 Å². The van der Waals surface area contributed by atoms with Crippen LogP contribution in [-0.2, 0) is 31.7 Å². The smallest absolute Gasteiger partial charge is 0.341 e. The van der Waals surface area contributed by atoms with Gasteiger partial charge in [-0.3, -0.25) is 13.9 Å². The summed E-state index contributed by atoms with van der Waals surface area (Å²) in [6, 6.07) is 0. The molecule has 2 aromatic heterocycles. The summed E-state index contributed by atoms with van der Waals surface area (Å²) in [6.07, 6.45) is 4.99. The van der Waals surface area contributed by atoms with Gasteiger partial charge >= 0.3 is 11.7 Å². The highest BCUT2D eigenvalue weighted by molar-refractivity contribution is 7.16. The van der Waals surface area contributed by atoms with E-state index in [1.165, 1.54) is 31.6 Å². The van der Waals surface area contributed by atoms with Gasteiger partial charge < -0.3 is 9.84 Å². The normalized spacial score (nSPS) is 16.2. The minimum absolute atomic E-state index is 0.109. The van der Waals surface area contributed by atoms with Crippen molar-refractivity contribution in [1.82, 2.24) is 9.13 Å². The lowest BCUT2D eigenvalue weighted by Crippen LogP contribution is -2.38. The third-order valence-electron chi connectivity index (χ3n) is 5.38. The van der Waals surface area contributed by atoms with E-state index in [0.29, 0.717) is 16.5 Å². The van der Waals surface area contributed by atoms with E-state index in [-0.39, 0.29) is 12.2 Å². The first kappa shape index (κ1) is 21.0. The predicted molar refractivity (Wildman–Crippen MR) is 112 cm³/mol. The number of thiophene rings is 1. The number of nitrogens with zero attached hydrogens (tertiary/aromatic N) is 3. The molecule has 1 aliphatic rings. The van der Waals surface area contributed by atoms with Crippen molar-refractivity contribution in [3.63, 3.8) is 0 Å². The number of hydrogen-bond donors (Lipinski definition) is 1. The lowest BCUT2D eigenvalue weighted by Gasteiger charge is -2.20. The van der Waals surface area contributed by atoms with Crippen LogP contribution in [-0.4, -0.2) is 33.0 Å². The molecule has 2 aromatic rings. The molecule has 0 saturated carbocycles. The third kappa shape index (κ3) is 3.78. The zero-order valence-electron chi connectivity index (χ0n) is 17.0. The Morgan fingerprint density at radius 3 is 2.69 bits per heavy atom. The van der Waals surface area contributed by atoms with E-state index in [4.69, 9.17) is 4.74 Å². The summed E-state index contributed by atoms with van der Waals surface area (Å²) >= 11 is 1.42. The minimum atomic E-state index is -0.653. The second kappa shape index (κ2) is 8.36. The van der Waals surface area contributed by atoms with Gasteiger partial charge in [0.2, 0.25) is 5.88 Å². The molecular formula is C20H25N3O5S. The van der Waals surface area contributed by atoms with Crippen molar-refractivity contribution in [2.75, 3.05) is 6.61 Å². The molecule has 9 heteroatoms. The quantitative estimate of drug-likeness (QED) is 0.592. The van der Waals surface area contributed by atoms with Crippen molar-refractivity contribution in [3.05, 3.63) is 42.4 Å². The maximum absolute atomic E-state index is 12.6. The van der Waals surface area contributed by atoms with Gasteiger partial charge in [-0.2, -0.15) is 0 Å². The lowest BCUT2D eigenvalue weighted by molar-refractivity contribution is 0.0526. The first-order chi connectivity index (χ1) is 13.8. The van der Waals surface area contributed by atoms with Gasteiger partial charge in [0, 0.05) is 25.2 Å². The third-order valence-corrected chi connectivity index (χ3v) is 6.55. The number of fused-ring (bicyclic) bond motifs is 1. The molecular weight excluding hydrogens is 394 g/mol. The summed E-state index contributed by atoms with van der Waals surface area (Å²) in [5.74, 6) is -0.315. The summed E-state index contributed by atoms with van der Waals surface area (Å²) in [6.45, 7) is 4.16. The van der Waals surface area contributed by atoms with Gasteiger partial charge in [-0.05, 0) is 37.7 Å². The Morgan fingerprint density at radius 2 is 2.03 bits per heavy atom. The molecule has 1 N–H and O–H groups in total. The standard InChI is InChI=1S/C20H25N3O5S/c1-5-11-7-8-12-14(9-11)29-16(15(12)19(26)28-6-2)21-10-13-17(24)22(3)20(27)23(4)18(13)25/h10-11,24H,5-9H2,1-4H3. The number of aromatic nitrogens is 2. The summed E-state index contributed by atoms with van der Waals surface area (Å²) in [7, 11) is 2.70.